The zero-order valence-corrected chi connectivity index (χ0v) is 15.8. The van der Waals surface area contributed by atoms with Gasteiger partial charge in [0.1, 0.15) is 5.69 Å². The molecule has 0 bridgehead atoms. The highest BCUT2D eigenvalue weighted by Gasteiger charge is 2.24. The number of quaternary nitrogens is 1. The minimum absolute atomic E-state index is 0.135. The van der Waals surface area contributed by atoms with Crippen LogP contribution in [0.3, 0.4) is 0 Å². The molecule has 0 saturated carbocycles. The molecule has 2 aromatic carbocycles. The van der Waals surface area contributed by atoms with Crippen molar-refractivity contribution < 1.29 is 14.6 Å². The number of para-hydroxylation sites is 1. The summed E-state index contributed by atoms with van der Waals surface area (Å²) in [4.78, 5) is 26.4. The topological polar surface area (TPSA) is 79.9 Å². The molecule has 27 heavy (non-hydrogen) atoms. The minimum atomic E-state index is -0.528. The lowest BCUT2D eigenvalue weighted by Gasteiger charge is -2.34. The fourth-order valence-corrected chi connectivity index (χ4v) is 3.52. The molecule has 0 radical (unpaired) electrons. The molecule has 1 fully saturated rings. The third-order valence-electron chi connectivity index (χ3n) is 4.77. The first kappa shape index (κ1) is 19.1. The van der Waals surface area contributed by atoms with Crippen molar-refractivity contribution in [2.24, 2.45) is 0 Å². The lowest BCUT2D eigenvalue weighted by Crippen LogP contribution is -3.15. The predicted molar refractivity (Wildman–Crippen MR) is 106 cm³/mol. The van der Waals surface area contributed by atoms with Gasteiger partial charge in [0.2, 0.25) is 0 Å². The number of anilines is 2. The number of nitro groups is 1. The Bertz CT molecular complexity index is 851. The number of piperazine rings is 1. The minimum Gasteiger partial charge on any atom is -0.360 e. The molecule has 1 aliphatic heterocycles. The third kappa shape index (κ3) is 4.75. The van der Waals surface area contributed by atoms with Gasteiger partial charge < -0.3 is 15.1 Å². The molecule has 1 amide bonds. The van der Waals surface area contributed by atoms with Crippen molar-refractivity contribution in [3.05, 3.63) is 63.2 Å². The highest BCUT2D eigenvalue weighted by atomic mass is 35.5. The predicted octanol–water partition coefficient (Wildman–Crippen LogP) is 1.90. The number of hydrogen-bond donors (Lipinski definition) is 2. The van der Waals surface area contributed by atoms with E-state index in [1.54, 1.807) is 0 Å². The summed E-state index contributed by atoms with van der Waals surface area (Å²) in [6, 6.07) is 12.4. The van der Waals surface area contributed by atoms with Gasteiger partial charge in [-0.15, -0.1) is 0 Å². The summed E-state index contributed by atoms with van der Waals surface area (Å²) in [6.07, 6.45) is 0. The number of aryl methyl sites for hydroxylation is 1. The van der Waals surface area contributed by atoms with Crippen LogP contribution in [0.5, 0.6) is 0 Å². The molecule has 0 unspecified atom stereocenters. The highest BCUT2D eigenvalue weighted by molar-refractivity contribution is 6.31. The second-order valence-electron chi connectivity index (χ2n) is 6.67. The van der Waals surface area contributed by atoms with Gasteiger partial charge in [0.25, 0.3) is 11.6 Å². The van der Waals surface area contributed by atoms with E-state index in [9.17, 15) is 14.9 Å². The molecule has 0 aromatic heterocycles. The molecule has 2 N–H and O–H groups in total. The smallest absolute Gasteiger partial charge is 0.292 e. The van der Waals surface area contributed by atoms with Crippen LogP contribution in [0.2, 0.25) is 5.02 Å². The first-order valence-corrected chi connectivity index (χ1v) is 9.20. The van der Waals surface area contributed by atoms with E-state index < -0.39 is 4.92 Å². The fourth-order valence-electron chi connectivity index (χ4n) is 3.35. The normalized spacial score (nSPS) is 14.8. The van der Waals surface area contributed by atoms with Gasteiger partial charge in [-0.25, -0.2) is 0 Å². The summed E-state index contributed by atoms with van der Waals surface area (Å²) in [5, 5.41) is 14.1. The average Bonchev–Trinajstić information content (AvgIpc) is 2.62. The van der Waals surface area contributed by atoms with Crippen LogP contribution in [-0.2, 0) is 4.79 Å². The van der Waals surface area contributed by atoms with Gasteiger partial charge in [0, 0.05) is 16.8 Å². The van der Waals surface area contributed by atoms with Crippen molar-refractivity contribution in [2.75, 3.05) is 42.9 Å². The molecule has 8 heteroatoms. The molecule has 2 aromatic rings. The number of nitro benzene ring substituents is 1. The van der Waals surface area contributed by atoms with E-state index in [0.29, 0.717) is 5.02 Å². The Balaban J connectivity index is 1.57. The number of amides is 1. The summed E-state index contributed by atoms with van der Waals surface area (Å²) in [6.45, 7) is 5.76. The summed E-state index contributed by atoms with van der Waals surface area (Å²) < 4.78 is 0. The molecule has 0 spiro atoms. The molecule has 3 rings (SSSR count). The van der Waals surface area contributed by atoms with Gasteiger partial charge in [0.15, 0.2) is 6.54 Å². The van der Waals surface area contributed by atoms with E-state index in [4.69, 9.17) is 11.6 Å². The number of nitrogens with zero attached hydrogens (tertiary/aromatic N) is 2. The van der Waals surface area contributed by atoms with Gasteiger partial charge in [0.05, 0.1) is 31.1 Å². The Hall–Kier alpha value is -2.64. The second kappa shape index (κ2) is 8.37. The summed E-state index contributed by atoms with van der Waals surface area (Å²) in [5.74, 6) is -0.250. The van der Waals surface area contributed by atoms with Crippen molar-refractivity contribution in [2.45, 2.75) is 6.92 Å². The molecule has 0 atom stereocenters. The molecule has 1 saturated heterocycles. The standard InChI is InChI=1S/C19H21ClN4O3/c1-14-4-2-3-5-17(14)23-10-8-22(9-11-23)13-19(25)21-16-12-15(20)6-7-18(16)24(26)27/h2-7,12H,8-11,13H2,1H3,(H,21,25)/p+1. The zero-order chi connectivity index (χ0) is 19.4. The number of carbonyl (C=O) groups excluding carboxylic acids is 1. The van der Waals surface area contributed by atoms with Gasteiger partial charge in [-0.05, 0) is 30.7 Å². The maximum Gasteiger partial charge on any atom is 0.292 e. The number of halogens is 1. The molecule has 142 valence electrons. The Kier molecular flexibility index (Phi) is 5.93. The Morgan fingerprint density at radius 3 is 2.63 bits per heavy atom. The molecule has 0 aliphatic carbocycles. The average molecular weight is 390 g/mol. The van der Waals surface area contributed by atoms with Crippen molar-refractivity contribution in [3.8, 4) is 0 Å². The number of hydrogen-bond acceptors (Lipinski definition) is 4. The van der Waals surface area contributed by atoms with Crippen LogP contribution < -0.4 is 15.1 Å². The monoisotopic (exact) mass is 389 g/mol. The maximum atomic E-state index is 12.4. The van der Waals surface area contributed by atoms with Crippen LogP contribution in [0.15, 0.2) is 42.5 Å². The van der Waals surface area contributed by atoms with Crippen LogP contribution >= 0.6 is 11.6 Å². The Morgan fingerprint density at radius 2 is 1.96 bits per heavy atom. The largest absolute Gasteiger partial charge is 0.360 e. The lowest BCUT2D eigenvalue weighted by atomic mass is 10.1. The maximum absolute atomic E-state index is 12.4. The molecule has 1 aliphatic rings. The van der Waals surface area contributed by atoms with E-state index >= 15 is 0 Å². The zero-order valence-electron chi connectivity index (χ0n) is 15.1. The molecule has 7 nitrogen and oxygen atoms in total. The van der Waals surface area contributed by atoms with Crippen LogP contribution in [0, 0.1) is 17.0 Å². The van der Waals surface area contributed by atoms with Crippen LogP contribution in [0.1, 0.15) is 5.56 Å². The van der Waals surface area contributed by atoms with Crippen LogP contribution in [0.4, 0.5) is 17.1 Å². The molecule has 1 heterocycles. The SMILES string of the molecule is Cc1ccccc1N1CC[NH+](CC(=O)Nc2cc(Cl)ccc2[N+](=O)[O-])CC1. The third-order valence-corrected chi connectivity index (χ3v) is 5.00. The van der Waals surface area contributed by atoms with Crippen LogP contribution in [0.25, 0.3) is 0 Å². The molecular formula is C19H22ClN4O3+. The van der Waals surface area contributed by atoms with Crippen molar-refractivity contribution >= 4 is 34.6 Å². The number of nitrogens with one attached hydrogen (secondary N) is 2. The van der Waals surface area contributed by atoms with Gasteiger partial charge >= 0.3 is 0 Å². The van der Waals surface area contributed by atoms with Gasteiger partial charge in [-0.3, -0.25) is 14.9 Å². The van der Waals surface area contributed by atoms with Gasteiger partial charge in [-0.2, -0.15) is 0 Å². The van der Waals surface area contributed by atoms with E-state index in [1.165, 1.54) is 29.4 Å². The van der Waals surface area contributed by atoms with Gasteiger partial charge in [-0.1, -0.05) is 29.8 Å². The quantitative estimate of drug-likeness (QED) is 0.604. The second-order valence-corrected chi connectivity index (χ2v) is 7.10. The van der Waals surface area contributed by atoms with Crippen LogP contribution in [-0.4, -0.2) is 43.6 Å². The summed E-state index contributed by atoms with van der Waals surface area (Å²) in [5.41, 5.74) is 2.45. The Labute approximate surface area is 162 Å². The lowest BCUT2D eigenvalue weighted by molar-refractivity contribution is -0.892. The molecular weight excluding hydrogens is 368 g/mol. The van der Waals surface area contributed by atoms with Crippen molar-refractivity contribution in [3.63, 3.8) is 0 Å². The van der Waals surface area contributed by atoms with Crippen molar-refractivity contribution in [1.29, 1.82) is 0 Å². The number of benzene rings is 2. The number of rotatable bonds is 5. The fraction of sp³-hybridized carbons (Fsp3) is 0.316. The summed E-state index contributed by atoms with van der Waals surface area (Å²) >= 11 is 5.90. The first-order chi connectivity index (χ1) is 12.9. The van der Waals surface area contributed by atoms with E-state index in [-0.39, 0.29) is 23.8 Å². The van der Waals surface area contributed by atoms with Crippen molar-refractivity contribution in [1.82, 2.24) is 0 Å². The van der Waals surface area contributed by atoms with E-state index in [0.717, 1.165) is 31.1 Å². The number of carbonyl (C=O) groups is 1. The first-order valence-electron chi connectivity index (χ1n) is 8.82. The summed E-state index contributed by atoms with van der Waals surface area (Å²) in [7, 11) is 0. The Morgan fingerprint density at radius 1 is 1.26 bits per heavy atom. The highest BCUT2D eigenvalue weighted by Crippen LogP contribution is 2.27. The van der Waals surface area contributed by atoms with E-state index in [2.05, 4.69) is 29.3 Å². The van der Waals surface area contributed by atoms with E-state index in [1.807, 2.05) is 12.1 Å².